The first-order valence-corrected chi connectivity index (χ1v) is 8.14. The zero-order valence-corrected chi connectivity index (χ0v) is 14.9. The number of aromatic nitrogens is 2. The van der Waals surface area contributed by atoms with Crippen LogP contribution in [0.3, 0.4) is 0 Å². The van der Waals surface area contributed by atoms with Gasteiger partial charge in [-0.1, -0.05) is 40.5 Å². The molecule has 0 aliphatic rings. The minimum Gasteiger partial charge on any atom is -0.494 e. The van der Waals surface area contributed by atoms with E-state index in [9.17, 15) is 9.18 Å². The summed E-state index contributed by atoms with van der Waals surface area (Å²) in [6, 6.07) is 9.05. The highest BCUT2D eigenvalue weighted by Gasteiger charge is 2.20. The van der Waals surface area contributed by atoms with E-state index in [0.29, 0.717) is 0 Å². The first-order valence-electron chi connectivity index (χ1n) is 7.39. The van der Waals surface area contributed by atoms with Crippen molar-refractivity contribution in [1.82, 2.24) is 15.5 Å². The van der Waals surface area contributed by atoms with E-state index >= 15 is 0 Å². The Bertz CT molecular complexity index is 962. The van der Waals surface area contributed by atoms with Crippen LogP contribution in [-0.4, -0.2) is 23.2 Å². The molecule has 0 atom stereocenters. The number of benzene rings is 2. The number of methoxy groups -OCH3 is 1. The summed E-state index contributed by atoms with van der Waals surface area (Å²) in [5.41, 5.74) is 0.295. The van der Waals surface area contributed by atoms with E-state index < -0.39 is 11.7 Å². The van der Waals surface area contributed by atoms with Gasteiger partial charge >= 0.3 is 0 Å². The van der Waals surface area contributed by atoms with Crippen LogP contribution >= 0.6 is 23.2 Å². The average Bonchev–Trinajstić information content (AvgIpc) is 3.10. The summed E-state index contributed by atoms with van der Waals surface area (Å²) < 4.78 is 23.9. The molecule has 0 saturated heterocycles. The van der Waals surface area contributed by atoms with E-state index in [-0.39, 0.29) is 45.2 Å². The van der Waals surface area contributed by atoms with E-state index in [1.165, 1.54) is 31.4 Å². The number of rotatable bonds is 5. The van der Waals surface area contributed by atoms with Gasteiger partial charge in [0, 0.05) is 0 Å². The van der Waals surface area contributed by atoms with Crippen LogP contribution in [-0.2, 0) is 6.54 Å². The van der Waals surface area contributed by atoms with Gasteiger partial charge < -0.3 is 14.6 Å². The second-order valence-corrected chi connectivity index (χ2v) is 5.93. The lowest BCUT2D eigenvalue weighted by atomic mass is 10.2. The highest BCUT2D eigenvalue weighted by molar-refractivity contribution is 6.37. The number of hydrogen-bond donors (Lipinski definition) is 1. The molecular formula is C17H12Cl2FN3O3. The molecule has 0 radical (unpaired) electrons. The van der Waals surface area contributed by atoms with Gasteiger partial charge in [0.25, 0.3) is 5.91 Å². The number of nitrogens with zero attached hydrogens (tertiary/aromatic N) is 2. The van der Waals surface area contributed by atoms with Crippen molar-refractivity contribution in [1.29, 1.82) is 0 Å². The van der Waals surface area contributed by atoms with Crippen LogP contribution in [0.15, 0.2) is 40.9 Å². The minimum absolute atomic E-state index is 0.0771. The normalized spacial score (nSPS) is 10.6. The van der Waals surface area contributed by atoms with E-state index in [1.807, 2.05) is 0 Å². The molecule has 2 aromatic carbocycles. The summed E-state index contributed by atoms with van der Waals surface area (Å²) in [7, 11) is 1.38. The molecule has 0 aliphatic carbocycles. The zero-order valence-electron chi connectivity index (χ0n) is 13.4. The van der Waals surface area contributed by atoms with Gasteiger partial charge in [0.05, 0.1) is 29.3 Å². The van der Waals surface area contributed by atoms with Gasteiger partial charge in [-0.3, -0.25) is 4.79 Å². The maximum atomic E-state index is 13.8. The fourth-order valence-corrected chi connectivity index (χ4v) is 2.74. The number of amides is 1. The molecule has 26 heavy (non-hydrogen) atoms. The molecule has 6 nitrogen and oxygen atoms in total. The third-order valence-electron chi connectivity index (χ3n) is 3.47. The number of ether oxygens (including phenoxy) is 1. The predicted molar refractivity (Wildman–Crippen MR) is 93.9 cm³/mol. The Balaban J connectivity index is 1.76. The molecule has 1 amide bonds. The summed E-state index contributed by atoms with van der Waals surface area (Å²) in [6.07, 6.45) is 0. The van der Waals surface area contributed by atoms with Crippen molar-refractivity contribution in [2.45, 2.75) is 6.54 Å². The predicted octanol–water partition coefficient (Wildman–Crippen LogP) is 4.12. The monoisotopic (exact) mass is 395 g/mol. The number of halogens is 3. The lowest BCUT2D eigenvalue weighted by Gasteiger charge is -2.11. The molecule has 3 rings (SSSR count). The van der Waals surface area contributed by atoms with Crippen LogP contribution in [0.5, 0.6) is 5.75 Å². The van der Waals surface area contributed by atoms with Crippen LogP contribution in [0.1, 0.15) is 16.2 Å². The Morgan fingerprint density at radius 3 is 2.69 bits per heavy atom. The van der Waals surface area contributed by atoms with E-state index in [4.69, 9.17) is 32.5 Å². The molecule has 1 heterocycles. The van der Waals surface area contributed by atoms with Crippen LogP contribution < -0.4 is 10.1 Å². The highest BCUT2D eigenvalue weighted by atomic mass is 35.5. The third-order valence-corrected chi connectivity index (χ3v) is 4.09. The molecule has 134 valence electrons. The standard InChI is InChI=1S/C17H12Cl2FN3O3/c1-25-15-11(19)7-6-10(18)14(15)17(24)21-8-13-22-16(23-26-13)9-4-2-3-5-12(9)20/h2-7H,8H2,1H3,(H,21,24). The Hall–Kier alpha value is -2.64. The van der Waals surface area contributed by atoms with Gasteiger partial charge in [-0.25, -0.2) is 4.39 Å². The Morgan fingerprint density at radius 1 is 1.23 bits per heavy atom. The van der Waals surface area contributed by atoms with Gasteiger partial charge in [-0.15, -0.1) is 0 Å². The minimum atomic E-state index is -0.528. The SMILES string of the molecule is COc1c(Cl)ccc(Cl)c1C(=O)NCc1nc(-c2ccccc2F)no1. The third kappa shape index (κ3) is 3.63. The smallest absolute Gasteiger partial charge is 0.257 e. The first kappa shape index (κ1) is 18.2. The quantitative estimate of drug-likeness (QED) is 0.702. The lowest BCUT2D eigenvalue weighted by molar-refractivity contribution is 0.0943. The number of hydrogen-bond acceptors (Lipinski definition) is 5. The maximum absolute atomic E-state index is 13.8. The number of nitrogens with one attached hydrogen (secondary N) is 1. The van der Waals surface area contributed by atoms with Crippen molar-refractivity contribution in [3.05, 3.63) is 63.7 Å². The van der Waals surface area contributed by atoms with Crippen molar-refractivity contribution in [2.75, 3.05) is 7.11 Å². The molecule has 3 aromatic rings. The molecule has 1 aromatic heterocycles. The molecule has 0 spiro atoms. The maximum Gasteiger partial charge on any atom is 0.257 e. The van der Waals surface area contributed by atoms with E-state index in [2.05, 4.69) is 15.5 Å². The van der Waals surface area contributed by atoms with E-state index in [1.54, 1.807) is 12.1 Å². The molecular weight excluding hydrogens is 384 g/mol. The van der Waals surface area contributed by atoms with Crippen LogP contribution in [0.2, 0.25) is 10.0 Å². The van der Waals surface area contributed by atoms with Crippen molar-refractivity contribution in [3.8, 4) is 17.1 Å². The average molecular weight is 396 g/mol. The first-order chi connectivity index (χ1) is 12.5. The molecule has 0 unspecified atom stereocenters. The second-order valence-electron chi connectivity index (χ2n) is 5.11. The highest BCUT2D eigenvalue weighted by Crippen LogP contribution is 2.33. The topological polar surface area (TPSA) is 77.2 Å². The van der Waals surface area contributed by atoms with Crippen LogP contribution in [0, 0.1) is 5.82 Å². The summed E-state index contributed by atoms with van der Waals surface area (Å²) in [4.78, 5) is 16.5. The Kier molecular flexibility index (Phi) is 5.39. The number of carbonyl (C=O) groups is 1. The van der Waals surface area contributed by atoms with Gasteiger partial charge in [-0.05, 0) is 24.3 Å². The Morgan fingerprint density at radius 2 is 1.96 bits per heavy atom. The molecule has 0 bridgehead atoms. The van der Waals surface area contributed by atoms with Gasteiger partial charge in [0.1, 0.15) is 11.4 Å². The molecule has 0 fully saturated rings. The molecule has 1 N–H and O–H groups in total. The molecule has 0 aliphatic heterocycles. The summed E-state index contributed by atoms with van der Waals surface area (Å²) in [5.74, 6) is -0.645. The van der Waals surface area contributed by atoms with Crippen molar-refractivity contribution >= 4 is 29.1 Å². The van der Waals surface area contributed by atoms with Crippen molar-refractivity contribution in [3.63, 3.8) is 0 Å². The summed E-state index contributed by atoms with van der Waals surface area (Å²) in [5, 5.41) is 6.73. The van der Waals surface area contributed by atoms with Crippen LogP contribution in [0.25, 0.3) is 11.4 Å². The van der Waals surface area contributed by atoms with Crippen molar-refractivity contribution < 1.29 is 18.4 Å². The van der Waals surface area contributed by atoms with Crippen molar-refractivity contribution in [2.24, 2.45) is 0 Å². The summed E-state index contributed by atoms with van der Waals surface area (Å²) in [6.45, 7) is -0.0771. The lowest BCUT2D eigenvalue weighted by Crippen LogP contribution is -2.24. The largest absolute Gasteiger partial charge is 0.494 e. The number of carbonyl (C=O) groups excluding carboxylic acids is 1. The second kappa shape index (κ2) is 7.72. The summed E-state index contributed by atoms with van der Waals surface area (Å²) >= 11 is 12.1. The van der Waals surface area contributed by atoms with Gasteiger partial charge in [-0.2, -0.15) is 4.98 Å². The molecule has 9 heteroatoms. The van der Waals surface area contributed by atoms with E-state index in [0.717, 1.165) is 0 Å². The van der Waals surface area contributed by atoms with Gasteiger partial charge in [0.2, 0.25) is 11.7 Å². The fourth-order valence-electron chi connectivity index (χ4n) is 2.27. The van der Waals surface area contributed by atoms with Gasteiger partial charge in [0.15, 0.2) is 5.75 Å². The fraction of sp³-hybridized carbons (Fsp3) is 0.118. The Labute approximate surface area is 157 Å². The molecule has 0 saturated carbocycles. The zero-order chi connectivity index (χ0) is 18.7. The van der Waals surface area contributed by atoms with Crippen LogP contribution in [0.4, 0.5) is 4.39 Å².